The molecule has 0 spiro atoms. The summed E-state index contributed by atoms with van der Waals surface area (Å²) in [5.41, 5.74) is 7.10. The highest BCUT2D eigenvalue weighted by molar-refractivity contribution is 6.00. The number of aryl methyl sites for hydroxylation is 2. The van der Waals surface area contributed by atoms with E-state index < -0.39 is 6.04 Å². The quantitative estimate of drug-likeness (QED) is 0.201. The number of ether oxygens (including phenoxy) is 3. The molecule has 1 amide bonds. The molecule has 1 aromatic heterocycles. The van der Waals surface area contributed by atoms with E-state index in [1.165, 1.54) is 19.8 Å². The van der Waals surface area contributed by atoms with Crippen LogP contribution in [0, 0.1) is 6.92 Å². The fourth-order valence-corrected chi connectivity index (χ4v) is 5.78. The molecule has 44 heavy (non-hydrogen) atoms. The third-order valence-corrected chi connectivity index (χ3v) is 8.09. The maximum atomic E-state index is 14.1. The average Bonchev–Trinajstić information content (AvgIpc) is 3.54. The van der Waals surface area contributed by atoms with Crippen molar-refractivity contribution in [2.45, 2.75) is 26.0 Å². The molecule has 2 heterocycles. The smallest absolute Gasteiger partial charge is 0.273 e. The predicted octanol–water partition coefficient (Wildman–Crippen LogP) is 6.49. The first kappa shape index (κ1) is 28.9. The summed E-state index contributed by atoms with van der Waals surface area (Å²) in [6, 6.07) is 29.2. The van der Waals surface area contributed by atoms with Gasteiger partial charge in [0.05, 0.1) is 26.0 Å². The van der Waals surface area contributed by atoms with Crippen LogP contribution in [0.15, 0.2) is 91.0 Å². The Labute approximate surface area is 257 Å². The average molecular weight is 590 g/mol. The molecule has 0 fully saturated rings. The van der Waals surface area contributed by atoms with Gasteiger partial charge in [0, 0.05) is 24.7 Å². The molecule has 8 heteroatoms. The highest BCUT2D eigenvalue weighted by Crippen LogP contribution is 2.47. The minimum Gasteiger partial charge on any atom is -0.502 e. The van der Waals surface area contributed by atoms with E-state index in [1.54, 1.807) is 23.9 Å². The highest BCUT2D eigenvalue weighted by atomic mass is 16.5. The number of aromatic nitrogens is 2. The number of amides is 1. The lowest BCUT2D eigenvalue weighted by molar-refractivity contribution is 0.0741. The van der Waals surface area contributed by atoms with Crippen LogP contribution >= 0.6 is 0 Å². The van der Waals surface area contributed by atoms with Gasteiger partial charge in [-0.05, 0) is 66.4 Å². The molecule has 8 nitrogen and oxygen atoms in total. The van der Waals surface area contributed by atoms with Gasteiger partial charge in [-0.25, -0.2) is 0 Å². The van der Waals surface area contributed by atoms with Gasteiger partial charge in [0.25, 0.3) is 5.91 Å². The molecule has 224 valence electrons. The largest absolute Gasteiger partial charge is 0.502 e. The second kappa shape index (κ2) is 12.2. The molecule has 0 saturated carbocycles. The number of nitrogens with zero attached hydrogens (tertiary/aromatic N) is 3. The molecule has 0 radical (unpaired) electrons. The van der Waals surface area contributed by atoms with Gasteiger partial charge in [-0.15, -0.1) is 0 Å². The highest BCUT2D eigenvalue weighted by Gasteiger charge is 2.43. The van der Waals surface area contributed by atoms with Crippen molar-refractivity contribution >= 4 is 5.91 Å². The lowest BCUT2D eigenvalue weighted by atomic mass is 9.95. The molecule has 1 aliphatic rings. The van der Waals surface area contributed by atoms with Crippen molar-refractivity contribution in [2.24, 2.45) is 7.05 Å². The van der Waals surface area contributed by atoms with E-state index in [4.69, 9.17) is 19.3 Å². The number of hydrogen-bond acceptors (Lipinski definition) is 6. The molecule has 0 bridgehead atoms. The zero-order chi connectivity index (χ0) is 30.8. The first-order chi connectivity index (χ1) is 21.4. The van der Waals surface area contributed by atoms with E-state index in [2.05, 4.69) is 43.3 Å². The molecule has 4 aromatic carbocycles. The molecule has 5 aromatic rings. The van der Waals surface area contributed by atoms with Crippen LogP contribution < -0.4 is 14.2 Å². The first-order valence-corrected chi connectivity index (χ1v) is 14.5. The monoisotopic (exact) mass is 589 g/mol. The Balaban J connectivity index is 1.38. The van der Waals surface area contributed by atoms with Gasteiger partial charge < -0.3 is 24.2 Å². The Bertz CT molecular complexity index is 1750. The molecule has 1 atom stereocenters. The number of carbonyl (C=O) groups is 1. The molecular formula is C36H35N3O5. The summed E-state index contributed by atoms with van der Waals surface area (Å²) < 4.78 is 18.7. The number of phenolic OH excluding ortho intramolecular Hbond substituents is 1. The Kier molecular flexibility index (Phi) is 7.98. The van der Waals surface area contributed by atoms with Crippen molar-refractivity contribution in [2.75, 3.05) is 20.8 Å². The molecule has 0 unspecified atom stereocenters. The van der Waals surface area contributed by atoms with Crippen LogP contribution in [0.5, 0.6) is 23.0 Å². The number of carbonyl (C=O) groups excluding carboxylic acids is 1. The summed E-state index contributed by atoms with van der Waals surface area (Å²) in [5, 5.41) is 15.5. The van der Waals surface area contributed by atoms with Gasteiger partial charge in [0.1, 0.15) is 18.1 Å². The summed E-state index contributed by atoms with van der Waals surface area (Å²) in [6.07, 6.45) is 0.680. The van der Waals surface area contributed by atoms with E-state index in [0.29, 0.717) is 31.0 Å². The minimum atomic E-state index is -0.481. The Morgan fingerprint density at radius 1 is 0.864 bits per heavy atom. The van der Waals surface area contributed by atoms with Crippen molar-refractivity contribution in [3.05, 3.63) is 125 Å². The molecule has 0 saturated heterocycles. The second-order valence-electron chi connectivity index (χ2n) is 10.9. The maximum absolute atomic E-state index is 14.1. The van der Waals surface area contributed by atoms with E-state index in [-0.39, 0.29) is 23.2 Å². The molecule has 6 rings (SSSR count). The van der Waals surface area contributed by atoms with Crippen molar-refractivity contribution < 1.29 is 24.1 Å². The number of fused-ring (bicyclic) bond motifs is 1. The Hall–Kier alpha value is -5.24. The third kappa shape index (κ3) is 5.46. The van der Waals surface area contributed by atoms with Gasteiger partial charge >= 0.3 is 0 Å². The van der Waals surface area contributed by atoms with Gasteiger partial charge in [-0.2, -0.15) is 5.10 Å². The number of aromatic hydroxyl groups is 1. The van der Waals surface area contributed by atoms with Crippen molar-refractivity contribution in [1.29, 1.82) is 0 Å². The third-order valence-electron chi connectivity index (χ3n) is 8.09. The number of benzene rings is 4. The number of methoxy groups -OCH3 is 2. The van der Waals surface area contributed by atoms with Gasteiger partial charge in [-0.3, -0.25) is 9.48 Å². The zero-order valence-corrected chi connectivity index (χ0v) is 25.3. The van der Waals surface area contributed by atoms with Gasteiger partial charge in [0.2, 0.25) is 5.75 Å². The van der Waals surface area contributed by atoms with Crippen LogP contribution in [0.3, 0.4) is 0 Å². The van der Waals surface area contributed by atoms with E-state index in [9.17, 15) is 9.90 Å². The first-order valence-electron chi connectivity index (χ1n) is 14.5. The fraction of sp³-hybridized carbons (Fsp3) is 0.222. The predicted molar refractivity (Wildman–Crippen MR) is 168 cm³/mol. The lowest BCUT2D eigenvalue weighted by Crippen LogP contribution is -2.32. The lowest BCUT2D eigenvalue weighted by Gasteiger charge is -2.27. The normalized spacial score (nSPS) is 14.0. The van der Waals surface area contributed by atoms with E-state index in [0.717, 1.165) is 33.6 Å². The van der Waals surface area contributed by atoms with Crippen molar-refractivity contribution in [1.82, 2.24) is 14.7 Å². The van der Waals surface area contributed by atoms with Crippen molar-refractivity contribution in [3.8, 4) is 34.3 Å². The topological polar surface area (TPSA) is 86.1 Å². The number of rotatable bonds is 10. The number of hydrogen-bond donors (Lipinski definition) is 1. The maximum Gasteiger partial charge on any atom is 0.273 e. The van der Waals surface area contributed by atoms with Crippen LogP contribution in [0.2, 0.25) is 0 Å². The molecular weight excluding hydrogens is 554 g/mol. The summed E-state index contributed by atoms with van der Waals surface area (Å²) in [6.45, 7) is 3.02. The molecule has 0 aliphatic carbocycles. The van der Waals surface area contributed by atoms with Gasteiger partial charge in [-0.1, -0.05) is 60.2 Å². The standard InChI is InChI=1S/C36H35N3O5/c1-23-10-12-25(13-11-23)22-44-28-16-14-26(15-17-28)32-31-33(27-20-29(42-3)35(40)30(21-27)43-4)39(36(41)34(31)38(2)37-32)19-18-24-8-6-5-7-9-24/h5-17,20-21,33,40H,18-19,22H2,1-4H3/t33-/m0/s1. The van der Waals surface area contributed by atoms with E-state index >= 15 is 0 Å². The molecule has 1 N–H and O–H groups in total. The van der Waals surface area contributed by atoms with Crippen LogP contribution in [0.4, 0.5) is 0 Å². The Morgan fingerprint density at radius 3 is 2.16 bits per heavy atom. The summed E-state index contributed by atoms with van der Waals surface area (Å²) in [4.78, 5) is 15.9. The molecule has 1 aliphatic heterocycles. The minimum absolute atomic E-state index is 0.0910. The number of phenols is 1. The van der Waals surface area contributed by atoms with E-state index in [1.807, 2.05) is 47.4 Å². The summed E-state index contributed by atoms with van der Waals surface area (Å²) >= 11 is 0. The van der Waals surface area contributed by atoms with Crippen LogP contribution in [-0.2, 0) is 20.1 Å². The van der Waals surface area contributed by atoms with Gasteiger partial charge in [0.15, 0.2) is 11.5 Å². The fourth-order valence-electron chi connectivity index (χ4n) is 5.78. The van der Waals surface area contributed by atoms with Crippen LogP contribution in [0.1, 0.15) is 44.3 Å². The van der Waals surface area contributed by atoms with Crippen molar-refractivity contribution in [3.63, 3.8) is 0 Å². The Morgan fingerprint density at radius 2 is 1.52 bits per heavy atom. The summed E-state index contributed by atoms with van der Waals surface area (Å²) in [7, 11) is 4.79. The second-order valence-corrected chi connectivity index (χ2v) is 10.9. The SMILES string of the molecule is COc1cc([C@H]2c3c(-c4ccc(OCc5ccc(C)cc5)cc4)nn(C)c3C(=O)N2CCc2ccccc2)cc(OC)c1O. The zero-order valence-electron chi connectivity index (χ0n) is 25.3. The van der Waals surface area contributed by atoms with Crippen LogP contribution in [0.25, 0.3) is 11.3 Å². The summed E-state index contributed by atoms with van der Waals surface area (Å²) in [5.74, 6) is 1.08. The van der Waals surface area contributed by atoms with Crippen LogP contribution in [-0.4, -0.2) is 46.5 Å².